The highest BCUT2D eigenvalue weighted by molar-refractivity contribution is 5.91. The van der Waals surface area contributed by atoms with Crippen LogP contribution in [-0.2, 0) is 4.79 Å². The van der Waals surface area contributed by atoms with Gasteiger partial charge in [0.2, 0.25) is 0 Å². The molecule has 2 aromatic rings. The lowest BCUT2D eigenvalue weighted by Gasteiger charge is -2.24. The first-order valence-electron chi connectivity index (χ1n) is 12.4. The van der Waals surface area contributed by atoms with Crippen LogP contribution in [0.3, 0.4) is 0 Å². The van der Waals surface area contributed by atoms with E-state index >= 15 is 0 Å². The molecule has 2 unspecified atom stereocenters. The van der Waals surface area contributed by atoms with Gasteiger partial charge in [0.25, 0.3) is 0 Å². The van der Waals surface area contributed by atoms with Crippen molar-refractivity contribution in [2.45, 2.75) is 103 Å². The number of rotatable bonds is 16. The summed E-state index contributed by atoms with van der Waals surface area (Å²) in [5, 5.41) is 0. The zero-order valence-corrected chi connectivity index (χ0v) is 19.3. The van der Waals surface area contributed by atoms with Crippen molar-refractivity contribution in [2.75, 3.05) is 0 Å². The minimum absolute atomic E-state index is 0.0219. The summed E-state index contributed by atoms with van der Waals surface area (Å²) in [5.41, 5.74) is 2.40. The van der Waals surface area contributed by atoms with Crippen LogP contribution in [0.1, 0.15) is 114 Å². The van der Waals surface area contributed by atoms with Crippen LogP contribution in [0.25, 0.3) is 0 Å². The van der Waals surface area contributed by atoms with E-state index in [1.54, 1.807) is 0 Å². The monoisotopic (exact) mass is 406 g/mol. The van der Waals surface area contributed by atoms with E-state index in [4.69, 9.17) is 0 Å². The van der Waals surface area contributed by atoms with Crippen molar-refractivity contribution in [3.8, 4) is 0 Å². The molecule has 0 amide bonds. The van der Waals surface area contributed by atoms with E-state index in [1.165, 1.54) is 62.5 Å². The van der Waals surface area contributed by atoms with Crippen LogP contribution in [0.15, 0.2) is 60.7 Å². The number of hydrogen-bond acceptors (Lipinski definition) is 1. The molecule has 0 bridgehead atoms. The predicted molar refractivity (Wildman–Crippen MR) is 130 cm³/mol. The van der Waals surface area contributed by atoms with Gasteiger partial charge in [-0.25, -0.2) is 0 Å². The summed E-state index contributed by atoms with van der Waals surface area (Å²) < 4.78 is 0. The van der Waals surface area contributed by atoms with Crippen LogP contribution < -0.4 is 0 Å². The highest BCUT2D eigenvalue weighted by Gasteiger charge is 2.28. The number of unbranched alkanes of at least 4 members (excludes halogenated alkanes) is 8. The van der Waals surface area contributed by atoms with Crippen LogP contribution >= 0.6 is 0 Å². The van der Waals surface area contributed by atoms with Crippen LogP contribution in [0.5, 0.6) is 0 Å². The molecule has 2 aromatic carbocycles. The third kappa shape index (κ3) is 8.46. The summed E-state index contributed by atoms with van der Waals surface area (Å²) in [6.07, 6.45) is 14.4. The molecule has 2 atom stereocenters. The quantitative estimate of drug-likeness (QED) is 0.254. The molecule has 0 radical (unpaired) electrons. The van der Waals surface area contributed by atoms with Crippen molar-refractivity contribution in [3.05, 3.63) is 71.8 Å². The summed E-state index contributed by atoms with van der Waals surface area (Å²) >= 11 is 0. The SMILES string of the molecule is CCCCCCCC(C(=O)C(CCCCCCC)c1ccccc1)c1ccccc1. The number of hydrogen-bond donors (Lipinski definition) is 0. The third-order valence-corrected chi connectivity index (χ3v) is 6.28. The Kier molecular flexibility index (Phi) is 12.2. The molecule has 0 saturated heterocycles. The second kappa shape index (κ2) is 15.0. The molecule has 0 saturated carbocycles. The van der Waals surface area contributed by atoms with E-state index in [0.717, 1.165) is 25.7 Å². The molecule has 0 heterocycles. The van der Waals surface area contributed by atoms with Gasteiger partial charge in [-0.3, -0.25) is 4.79 Å². The fraction of sp³-hybridized carbons (Fsp3) is 0.552. The van der Waals surface area contributed by atoms with Crippen molar-refractivity contribution in [2.24, 2.45) is 0 Å². The zero-order chi connectivity index (χ0) is 21.4. The van der Waals surface area contributed by atoms with Crippen LogP contribution in [0.4, 0.5) is 0 Å². The van der Waals surface area contributed by atoms with E-state index in [9.17, 15) is 4.79 Å². The average Bonchev–Trinajstić information content (AvgIpc) is 2.79. The summed E-state index contributed by atoms with van der Waals surface area (Å²) in [4.78, 5) is 13.9. The molecule has 0 N–H and O–H groups in total. The van der Waals surface area contributed by atoms with Gasteiger partial charge in [0.1, 0.15) is 5.78 Å². The summed E-state index contributed by atoms with van der Waals surface area (Å²) in [6, 6.07) is 21.0. The molecule has 0 spiro atoms. The maximum Gasteiger partial charge on any atom is 0.147 e. The van der Waals surface area contributed by atoms with Gasteiger partial charge in [-0.2, -0.15) is 0 Å². The second-order valence-electron chi connectivity index (χ2n) is 8.73. The van der Waals surface area contributed by atoms with E-state index in [1.807, 2.05) is 0 Å². The van der Waals surface area contributed by atoms with Gasteiger partial charge in [0.15, 0.2) is 0 Å². The molecular formula is C29H42O. The molecule has 30 heavy (non-hydrogen) atoms. The van der Waals surface area contributed by atoms with Crippen molar-refractivity contribution in [3.63, 3.8) is 0 Å². The van der Waals surface area contributed by atoms with Crippen molar-refractivity contribution in [1.29, 1.82) is 0 Å². The normalized spacial score (nSPS) is 13.1. The lowest BCUT2D eigenvalue weighted by molar-refractivity contribution is -0.122. The predicted octanol–water partition coefficient (Wildman–Crippen LogP) is 8.84. The van der Waals surface area contributed by atoms with E-state index in [2.05, 4.69) is 74.5 Å². The Labute approximate surface area is 185 Å². The van der Waals surface area contributed by atoms with Crippen LogP contribution in [0.2, 0.25) is 0 Å². The van der Waals surface area contributed by atoms with Gasteiger partial charge in [-0.05, 0) is 24.0 Å². The van der Waals surface area contributed by atoms with Gasteiger partial charge in [-0.1, -0.05) is 139 Å². The molecule has 0 aromatic heterocycles. The van der Waals surface area contributed by atoms with Crippen LogP contribution in [0, 0.1) is 0 Å². The topological polar surface area (TPSA) is 17.1 Å². The highest BCUT2D eigenvalue weighted by Crippen LogP contribution is 2.34. The first kappa shape index (κ1) is 24.4. The van der Waals surface area contributed by atoms with E-state index in [0.29, 0.717) is 5.78 Å². The van der Waals surface area contributed by atoms with Gasteiger partial charge in [0, 0.05) is 11.8 Å². The Hall–Kier alpha value is -1.89. The molecule has 0 aliphatic heterocycles. The Morgan fingerprint density at radius 1 is 0.567 bits per heavy atom. The van der Waals surface area contributed by atoms with Gasteiger partial charge in [-0.15, -0.1) is 0 Å². The summed E-state index contributed by atoms with van der Waals surface area (Å²) in [5.74, 6) is 0.473. The highest BCUT2D eigenvalue weighted by atomic mass is 16.1. The third-order valence-electron chi connectivity index (χ3n) is 6.28. The van der Waals surface area contributed by atoms with Crippen LogP contribution in [-0.4, -0.2) is 5.78 Å². The molecule has 0 aliphatic rings. The number of benzene rings is 2. The fourth-order valence-corrected chi connectivity index (χ4v) is 4.46. The Morgan fingerprint density at radius 3 is 1.30 bits per heavy atom. The average molecular weight is 407 g/mol. The minimum atomic E-state index is 0.0219. The summed E-state index contributed by atoms with van der Waals surface area (Å²) in [7, 11) is 0. The number of carbonyl (C=O) groups excluding carboxylic acids is 1. The van der Waals surface area contributed by atoms with Gasteiger partial charge in [0.05, 0.1) is 0 Å². The Bertz CT molecular complexity index is 617. The fourth-order valence-electron chi connectivity index (χ4n) is 4.46. The zero-order valence-electron chi connectivity index (χ0n) is 19.3. The van der Waals surface area contributed by atoms with Crippen molar-refractivity contribution in [1.82, 2.24) is 0 Å². The Balaban J connectivity index is 2.13. The second-order valence-corrected chi connectivity index (χ2v) is 8.73. The van der Waals surface area contributed by atoms with Gasteiger partial charge >= 0.3 is 0 Å². The smallest absolute Gasteiger partial charge is 0.147 e. The number of carbonyl (C=O) groups is 1. The maximum absolute atomic E-state index is 13.9. The first-order chi connectivity index (χ1) is 14.8. The molecule has 0 aliphatic carbocycles. The standard InChI is InChI=1S/C29H42O/c1-3-5-7-9-17-23-27(25-19-13-11-14-20-25)29(30)28(24-18-10-8-6-4-2)26-21-15-12-16-22-26/h11-16,19-22,27-28H,3-10,17-18,23-24H2,1-2H3. The lowest BCUT2D eigenvalue weighted by atomic mass is 9.79. The van der Waals surface area contributed by atoms with Gasteiger partial charge < -0.3 is 0 Å². The van der Waals surface area contributed by atoms with Crippen molar-refractivity contribution < 1.29 is 4.79 Å². The molecular weight excluding hydrogens is 364 g/mol. The minimum Gasteiger partial charge on any atom is -0.298 e. The Morgan fingerprint density at radius 2 is 0.933 bits per heavy atom. The van der Waals surface area contributed by atoms with E-state index < -0.39 is 0 Å². The van der Waals surface area contributed by atoms with E-state index in [-0.39, 0.29) is 11.8 Å². The maximum atomic E-state index is 13.9. The molecule has 1 heteroatoms. The molecule has 1 nitrogen and oxygen atoms in total. The number of Topliss-reactive ketones (excluding diaryl/α,β-unsaturated/α-hetero) is 1. The lowest BCUT2D eigenvalue weighted by Crippen LogP contribution is -2.21. The molecule has 0 fully saturated rings. The summed E-state index contributed by atoms with van der Waals surface area (Å²) in [6.45, 7) is 4.50. The first-order valence-corrected chi connectivity index (χ1v) is 12.4. The van der Waals surface area contributed by atoms with Crippen molar-refractivity contribution >= 4 is 5.78 Å². The number of ketones is 1. The largest absolute Gasteiger partial charge is 0.298 e. The molecule has 164 valence electrons. The molecule has 2 rings (SSSR count).